The molecule has 136 valence electrons. The van der Waals surface area contributed by atoms with Gasteiger partial charge in [0, 0.05) is 17.0 Å². The summed E-state index contributed by atoms with van der Waals surface area (Å²) in [5.41, 5.74) is -1.91. The van der Waals surface area contributed by atoms with Gasteiger partial charge in [-0.05, 0) is 37.0 Å². The molecule has 9 heteroatoms. The molecule has 4 nitrogen and oxygen atoms in total. The van der Waals surface area contributed by atoms with E-state index in [1.54, 1.807) is 13.8 Å². The Labute approximate surface area is 144 Å². The molecule has 0 heterocycles. The van der Waals surface area contributed by atoms with Crippen molar-refractivity contribution in [3.63, 3.8) is 0 Å². The predicted octanol–water partition coefficient (Wildman–Crippen LogP) is 3.43. The molecule has 24 heavy (non-hydrogen) atoms. The summed E-state index contributed by atoms with van der Waals surface area (Å²) in [5.74, 6) is -0.0710. The van der Waals surface area contributed by atoms with Crippen LogP contribution in [0.1, 0.15) is 32.3 Å². The van der Waals surface area contributed by atoms with E-state index in [-0.39, 0.29) is 17.5 Å². The van der Waals surface area contributed by atoms with Crippen LogP contribution < -0.4 is 4.72 Å². The molecule has 1 atom stereocenters. The number of rotatable bonds is 6. The normalized spacial score (nSPS) is 18.7. The zero-order valence-electron chi connectivity index (χ0n) is 13.2. The van der Waals surface area contributed by atoms with Crippen LogP contribution in [0.15, 0.2) is 23.1 Å². The van der Waals surface area contributed by atoms with E-state index in [0.29, 0.717) is 18.9 Å². The monoisotopic (exact) mass is 385 g/mol. The number of benzene rings is 1. The number of sulfonamides is 1. The largest absolute Gasteiger partial charge is 0.417 e. The summed E-state index contributed by atoms with van der Waals surface area (Å²) >= 11 is 5.56. The fourth-order valence-electron chi connectivity index (χ4n) is 2.72. The van der Waals surface area contributed by atoms with E-state index in [1.807, 2.05) is 0 Å². The molecule has 2 N–H and O–H groups in total. The minimum atomic E-state index is -4.84. The Kier molecular flexibility index (Phi) is 5.26. The van der Waals surface area contributed by atoms with E-state index in [1.165, 1.54) is 0 Å². The number of nitrogens with one attached hydrogen (secondary N) is 1. The van der Waals surface area contributed by atoms with Gasteiger partial charge in [0.2, 0.25) is 10.0 Å². The van der Waals surface area contributed by atoms with E-state index in [4.69, 9.17) is 11.6 Å². The first-order valence-electron chi connectivity index (χ1n) is 7.43. The minimum absolute atomic E-state index is 0.0710. The lowest BCUT2D eigenvalue weighted by Crippen LogP contribution is -2.39. The predicted molar refractivity (Wildman–Crippen MR) is 84.2 cm³/mol. The van der Waals surface area contributed by atoms with Gasteiger partial charge in [0.15, 0.2) is 0 Å². The highest BCUT2D eigenvalue weighted by molar-refractivity contribution is 7.89. The summed E-state index contributed by atoms with van der Waals surface area (Å²) in [6.45, 7) is 3.51. The first-order valence-corrected chi connectivity index (χ1v) is 9.30. The van der Waals surface area contributed by atoms with Crippen LogP contribution in [-0.4, -0.2) is 26.2 Å². The lowest BCUT2D eigenvalue weighted by atomic mass is 9.91. The fourth-order valence-corrected chi connectivity index (χ4v) is 4.24. The van der Waals surface area contributed by atoms with Gasteiger partial charge in [0.05, 0.1) is 16.6 Å². The zero-order valence-corrected chi connectivity index (χ0v) is 14.8. The lowest BCUT2D eigenvalue weighted by Gasteiger charge is -2.26. The van der Waals surface area contributed by atoms with Crippen molar-refractivity contribution in [3.05, 3.63) is 28.8 Å². The molecule has 1 aliphatic carbocycles. The molecule has 0 aliphatic heterocycles. The van der Waals surface area contributed by atoms with Gasteiger partial charge < -0.3 is 5.11 Å². The summed E-state index contributed by atoms with van der Waals surface area (Å²) in [5, 5.41) is 9.97. The second-order valence-corrected chi connectivity index (χ2v) is 8.69. The molecule has 0 bridgehead atoms. The third-order valence-corrected chi connectivity index (χ3v) is 6.00. The summed E-state index contributed by atoms with van der Waals surface area (Å²) < 4.78 is 66.2. The van der Waals surface area contributed by atoms with Gasteiger partial charge >= 0.3 is 6.18 Å². The third-order valence-electron chi connectivity index (χ3n) is 4.30. The number of hydrogen-bond donors (Lipinski definition) is 2. The van der Waals surface area contributed by atoms with Gasteiger partial charge in [-0.15, -0.1) is 0 Å². The molecule has 0 spiro atoms. The lowest BCUT2D eigenvalue weighted by molar-refractivity contribution is -0.139. The number of aliphatic hydroxyl groups excluding tert-OH is 1. The molecule has 1 saturated carbocycles. The van der Waals surface area contributed by atoms with Crippen molar-refractivity contribution in [1.82, 2.24) is 4.72 Å². The molecule has 1 fully saturated rings. The van der Waals surface area contributed by atoms with E-state index in [9.17, 15) is 26.7 Å². The Bertz CT molecular complexity index is 715. The van der Waals surface area contributed by atoms with Crippen molar-refractivity contribution in [2.45, 2.75) is 43.9 Å². The molecular formula is C15H19ClF3NO3S. The van der Waals surface area contributed by atoms with Crippen LogP contribution in [0.4, 0.5) is 13.2 Å². The standard InChI is InChI=1S/C15H19ClF3NO3S/c1-9(2)13(21)14(5-6-14)8-20-24(22,23)12-4-3-10(16)7-11(12)15(17,18)19/h3-4,7,9,13,20-21H,5-6,8H2,1-2H3/t13-/m0/s1. The number of aliphatic hydroxyl groups is 1. The van der Waals surface area contributed by atoms with E-state index >= 15 is 0 Å². The molecule has 2 rings (SSSR count). The van der Waals surface area contributed by atoms with Crippen molar-refractivity contribution in [2.24, 2.45) is 11.3 Å². The Morgan fingerprint density at radius 3 is 2.38 bits per heavy atom. The van der Waals surface area contributed by atoms with Crippen molar-refractivity contribution in [2.75, 3.05) is 6.54 Å². The van der Waals surface area contributed by atoms with Crippen LogP contribution in [0.3, 0.4) is 0 Å². The zero-order chi connectivity index (χ0) is 18.3. The summed E-state index contributed by atoms with van der Waals surface area (Å²) in [6, 6.07) is 2.53. The highest BCUT2D eigenvalue weighted by atomic mass is 35.5. The number of alkyl halides is 3. The van der Waals surface area contributed by atoms with Gasteiger partial charge in [-0.1, -0.05) is 25.4 Å². The smallest absolute Gasteiger partial charge is 0.392 e. The van der Waals surface area contributed by atoms with Gasteiger partial charge in [0.25, 0.3) is 0 Å². The average molecular weight is 386 g/mol. The van der Waals surface area contributed by atoms with E-state index < -0.39 is 38.2 Å². The van der Waals surface area contributed by atoms with Crippen LogP contribution in [0.2, 0.25) is 5.02 Å². The average Bonchev–Trinajstić information content (AvgIpc) is 3.24. The summed E-state index contributed by atoms with van der Waals surface area (Å²) in [7, 11) is -4.38. The Morgan fingerprint density at radius 1 is 1.33 bits per heavy atom. The SMILES string of the molecule is CC(C)[C@H](O)C1(CNS(=O)(=O)c2ccc(Cl)cc2C(F)(F)F)CC1. The molecule has 0 unspecified atom stereocenters. The molecule has 0 aromatic heterocycles. The molecule has 0 radical (unpaired) electrons. The van der Waals surface area contributed by atoms with Crippen molar-refractivity contribution in [3.8, 4) is 0 Å². The number of halogens is 4. The number of hydrogen-bond acceptors (Lipinski definition) is 3. The van der Waals surface area contributed by atoms with Crippen LogP contribution in [0.5, 0.6) is 0 Å². The van der Waals surface area contributed by atoms with Crippen molar-refractivity contribution >= 4 is 21.6 Å². The van der Waals surface area contributed by atoms with Gasteiger partial charge in [0.1, 0.15) is 0 Å². The second-order valence-electron chi connectivity index (χ2n) is 6.51. The highest BCUT2D eigenvalue weighted by Gasteiger charge is 2.50. The van der Waals surface area contributed by atoms with Gasteiger partial charge in [-0.3, -0.25) is 0 Å². The van der Waals surface area contributed by atoms with E-state index in [2.05, 4.69) is 4.72 Å². The fraction of sp³-hybridized carbons (Fsp3) is 0.600. The third kappa shape index (κ3) is 4.04. The first-order chi connectivity index (χ1) is 10.9. The summed E-state index contributed by atoms with van der Waals surface area (Å²) in [4.78, 5) is -0.866. The maximum absolute atomic E-state index is 13.1. The molecule has 0 saturated heterocycles. The molecule has 1 aromatic rings. The molecular weight excluding hydrogens is 367 g/mol. The Morgan fingerprint density at radius 2 is 1.92 bits per heavy atom. The minimum Gasteiger partial charge on any atom is -0.392 e. The Hall–Kier alpha value is -0.830. The topological polar surface area (TPSA) is 66.4 Å². The first kappa shape index (κ1) is 19.5. The van der Waals surface area contributed by atoms with Crippen molar-refractivity contribution < 1.29 is 26.7 Å². The summed E-state index contributed by atoms with van der Waals surface area (Å²) in [6.07, 6.45) is -4.31. The van der Waals surface area contributed by atoms with E-state index in [0.717, 1.165) is 12.1 Å². The van der Waals surface area contributed by atoms with Gasteiger partial charge in [-0.25, -0.2) is 13.1 Å². The van der Waals surface area contributed by atoms with Gasteiger partial charge in [-0.2, -0.15) is 13.2 Å². The van der Waals surface area contributed by atoms with Crippen LogP contribution >= 0.6 is 11.6 Å². The maximum Gasteiger partial charge on any atom is 0.417 e. The maximum atomic E-state index is 13.1. The molecule has 0 amide bonds. The van der Waals surface area contributed by atoms with Crippen LogP contribution in [0, 0.1) is 11.3 Å². The Balaban J connectivity index is 2.26. The quantitative estimate of drug-likeness (QED) is 0.788. The van der Waals surface area contributed by atoms with Crippen LogP contribution in [-0.2, 0) is 16.2 Å². The highest BCUT2D eigenvalue weighted by Crippen LogP contribution is 2.50. The van der Waals surface area contributed by atoms with Crippen LogP contribution in [0.25, 0.3) is 0 Å². The van der Waals surface area contributed by atoms with Crippen molar-refractivity contribution in [1.29, 1.82) is 0 Å². The molecule has 1 aliphatic rings. The second kappa shape index (κ2) is 6.48. The molecule has 1 aromatic carbocycles.